The average Bonchev–Trinajstić information content (AvgIpc) is 2.39. The zero-order valence-corrected chi connectivity index (χ0v) is 14.0. The van der Waals surface area contributed by atoms with Crippen LogP contribution in [0, 0.1) is 0 Å². The van der Waals surface area contributed by atoms with E-state index in [4.69, 9.17) is 0 Å². The van der Waals surface area contributed by atoms with Crippen molar-refractivity contribution in [2.75, 3.05) is 24.2 Å². The largest absolute Gasteiger partial charge is 0.214 e. The van der Waals surface area contributed by atoms with Crippen LogP contribution < -0.4 is 0 Å². The van der Waals surface area contributed by atoms with E-state index in [9.17, 15) is 8.42 Å². The molecule has 0 N–H and O–H groups in total. The first-order valence-electron chi connectivity index (χ1n) is 6.60. The van der Waals surface area contributed by atoms with Gasteiger partial charge in [0.25, 0.3) is 0 Å². The van der Waals surface area contributed by atoms with Crippen molar-refractivity contribution < 1.29 is 8.42 Å². The molecule has 1 aromatic carbocycles. The summed E-state index contributed by atoms with van der Waals surface area (Å²) in [6, 6.07) is 9.80. The van der Waals surface area contributed by atoms with Crippen molar-refractivity contribution in [1.29, 1.82) is 0 Å². The average molecular weight is 348 g/mol. The van der Waals surface area contributed by atoms with Crippen molar-refractivity contribution in [3.8, 4) is 0 Å². The second kappa shape index (κ2) is 8.02. The lowest BCUT2D eigenvalue weighted by atomic mass is 10.0. The summed E-state index contributed by atoms with van der Waals surface area (Å²) in [6.45, 7) is 4.98. The van der Waals surface area contributed by atoms with Gasteiger partial charge >= 0.3 is 0 Å². The zero-order valence-electron chi connectivity index (χ0n) is 11.5. The van der Waals surface area contributed by atoms with Gasteiger partial charge in [0.15, 0.2) is 0 Å². The van der Waals surface area contributed by atoms with Crippen LogP contribution in [-0.2, 0) is 10.0 Å². The Bertz CT molecular complexity index is 462. The molecule has 0 aliphatic heterocycles. The number of hydrogen-bond acceptors (Lipinski definition) is 2. The fourth-order valence-corrected chi connectivity index (χ4v) is 4.12. The van der Waals surface area contributed by atoms with Gasteiger partial charge < -0.3 is 0 Å². The first-order chi connectivity index (χ1) is 9.01. The summed E-state index contributed by atoms with van der Waals surface area (Å²) in [6.07, 6.45) is 0.840. The lowest BCUT2D eigenvalue weighted by Gasteiger charge is -2.22. The molecular formula is C14H22BrNO2S. The van der Waals surface area contributed by atoms with E-state index in [-0.39, 0.29) is 11.7 Å². The van der Waals surface area contributed by atoms with Crippen LogP contribution in [-0.4, -0.2) is 36.9 Å². The highest BCUT2D eigenvalue weighted by atomic mass is 79.9. The maximum atomic E-state index is 12.4. The van der Waals surface area contributed by atoms with Crippen LogP contribution >= 0.6 is 15.9 Å². The molecule has 0 radical (unpaired) electrons. The van der Waals surface area contributed by atoms with E-state index in [1.54, 1.807) is 4.31 Å². The van der Waals surface area contributed by atoms with Gasteiger partial charge in [-0.3, -0.25) is 0 Å². The molecule has 0 fully saturated rings. The van der Waals surface area contributed by atoms with Gasteiger partial charge in [-0.2, -0.15) is 0 Å². The molecule has 1 atom stereocenters. The van der Waals surface area contributed by atoms with E-state index in [1.165, 1.54) is 0 Å². The van der Waals surface area contributed by atoms with Crippen LogP contribution in [0.3, 0.4) is 0 Å². The number of halogens is 1. The predicted molar refractivity (Wildman–Crippen MR) is 84.3 cm³/mol. The molecule has 1 aromatic rings. The fraction of sp³-hybridized carbons (Fsp3) is 0.571. The Morgan fingerprint density at radius 3 is 2.42 bits per heavy atom. The van der Waals surface area contributed by atoms with Crippen LogP contribution in [0.4, 0.5) is 0 Å². The minimum Gasteiger partial charge on any atom is -0.212 e. The van der Waals surface area contributed by atoms with Crippen LogP contribution in [0.2, 0.25) is 0 Å². The normalized spacial score (nSPS) is 13.7. The third kappa shape index (κ3) is 5.24. The quantitative estimate of drug-likeness (QED) is 0.677. The molecule has 0 heterocycles. The Hall–Kier alpha value is -0.390. The van der Waals surface area contributed by atoms with Crippen molar-refractivity contribution in [2.45, 2.75) is 26.2 Å². The summed E-state index contributed by atoms with van der Waals surface area (Å²) in [5.74, 6) is 0.192. The maximum Gasteiger partial charge on any atom is 0.214 e. The summed E-state index contributed by atoms with van der Waals surface area (Å²) in [7, 11) is -3.18. The molecule has 0 bridgehead atoms. The summed E-state index contributed by atoms with van der Waals surface area (Å²) in [5, 5.41) is 0.827. The smallest absolute Gasteiger partial charge is 0.212 e. The van der Waals surface area contributed by atoms with E-state index in [1.807, 2.05) is 44.2 Å². The van der Waals surface area contributed by atoms with Gasteiger partial charge in [-0.1, -0.05) is 60.1 Å². The van der Waals surface area contributed by atoms with Gasteiger partial charge in [0.1, 0.15) is 0 Å². The Morgan fingerprint density at radius 1 is 1.26 bits per heavy atom. The molecule has 0 saturated heterocycles. The molecular weight excluding hydrogens is 326 g/mol. The molecule has 1 unspecified atom stereocenters. The van der Waals surface area contributed by atoms with Crippen LogP contribution in [0.1, 0.15) is 31.7 Å². The summed E-state index contributed by atoms with van der Waals surface area (Å²) < 4.78 is 26.3. The molecule has 5 heteroatoms. The Morgan fingerprint density at radius 2 is 1.89 bits per heavy atom. The second-order valence-corrected chi connectivity index (χ2v) is 7.43. The second-order valence-electron chi connectivity index (χ2n) is 4.62. The van der Waals surface area contributed by atoms with Gasteiger partial charge in [0.2, 0.25) is 10.0 Å². The molecule has 108 valence electrons. The highest BCUT2D eigenvalue weighted by Crippen LogP contribution is 2.18. The number of alkyl halides is 1. The standard InChI is InChI=1S/C14H22BrNO2S/c1-3-16(11-7-10-15)19(17,18)12-13(2)14-8-5-4-6-9-14/h4-6,8-9,13H,3,7,10-12H2,1-2H3. The molecule has 0 spiro atoms. The monoisotopic (exact) mass is 347 g/mol. The van der Waals surface area contributed by atoms with Gasteiger partial charge in [0.05, 0.1) is 5.75 Å². The summed E-state index contributed by atoms with van der Waals surface area (Å²) in [4.78, 5) is 0. The fourth-order valence-electron chi connectivity index (χ4n) is 2.03. The van der Waals surface area contributed by atoms with Gasteiger partial charge in [0, 0.05) is 18.4 Å². The van der Waals surface area contributed by atoms with Gasteiger partial charge in [-0.05, 0) is 17.9 Å². The Balaban J connectivity index is 2.72. The number of rotatable bonds is 8. The van der Waals surface area contributed by atoms with Crippen LogP contribution in [0.5, 0.6) is 0 Å². The number of nitrogens with zero attached hydrogens (tertiary/aromatic N) is 1. The predicted octanol–water partition coefficient (Wildman–Crippen LogP) is 3.23. The highest BCUT2D eigenvalue weighted by Gasteiger charge is 2.23. The first-order valence-corrected chi connectivity index (χ1v) is 9.33. The van der Waals surface area contributed by atoms with Crippen LogP contribution in [0.15, 0.2) is 30.3 Å². The lowest BCUT2D eigenvalue weighted by molar-refractivity contribution is 0.426. The van der Waals surface area contributed by atoms with E-state index in [0.29, 0.717) is 13.1 Å². The first kappa shape index (κ1) is 16.7. The molecule has 0 saturated carbocycles. The van der Waals surface area contributed by atoms with Crippen molar-refractivity contribution in [3.05, 3.63) is 35.9 Å². The molecule has 19 heavy (non-hydrogen) atoms. The van der Waals surface area contributed by atoms with E-state index in [0.717, 1.165) is 17.3 Å². The van der Waals surface area contributed by atoms with Crippen molar-refractivity contribution in [3.63, 3.8) is 0 Å². The van der Waals surface area contributed by atoms with Gasteiger partial charge in [-0.15, -0.1) is 0 Å². The van der Waals surface area contributed by atoms with Crippen molar-refractivity contribution >= 4 is 26.0 Å². The van der Waals surface area contributed by atoms with Crippen molar-refractivity contribution in [2.24, 2.45) is 0 Å². The molecule has 0 aromatic heterocycles. The van der Waals surface area contributed by atoms with Crippen molar-refractivity contribution in [1.82, 2.24) is 4.31 Å². The summed E-state index contributed by atoms with van der Waals surface area (Å²) in [5.41, 5.74) is 1.07. The molecule has 0 aliphatic carbocycles. The maximum absolute atomic E-state index is 12.4. The van der Waals surface area contributed by atoms with Crippen LogP contribution in [0.25, 0.3) is 0 Å². The molecule has 3 nitrogen and oxygen atoms in total. The number of sulfonamides is 1. The number of hydrogen-bond donors (Lipinski definition) is 0. The Labute approximate surface area is 125 Å². The molecule has 1 rings (SSSR count). The summed E-state index contributed by atoms with van der Waals surface area (Å²) >= 11 is 3.34. The van der Waals surface area contributed by atoms with E-state index in [2.05, 4.69) is 15.9 Å². The van der Waals surface area contributed by atoms with Gasteiger partial charge in [-0.25, -0.2) is 12.7 Å². The number of benzene rings is 1. The van der Waals surface area contributed by atoms with E-state index < -0.39 is 10.0 Å². The molecule has 0 aliphatic rings. The van der Waals surface area contributed by atoms with E-state index >= 15 is 0 Å². The third-order valence-electron chi connectivity index (χ3n) is 3.12. The lowest BCUT2D eigenvalue weighted by Crippen LogP contribution is -2.35. The topological polar surface area (TPSA) is 37.4 Å². The highest BCUT2D eigenvalue weighted by molar-refractivity contribution is 9.09. The molecule has 0 amide bonds. The minimum atomic E-state index is -3.18. The third-order valence-corrected chi connectivity index (χ3v) is 5.83. The zero-order chi connectivity index (χ0) is 14.3. The minimum absolute atomic E-state index is 0.0178. The SMILES string of the molecule is CCN(CCCBr)S(=O)(=O)CC(C)c1ccccc1. The Kier molecular flexibility index (Phi) is 7.04.